The Bertz CT molecular complexity index is 321. The minimum atomic E-state index is 0.888. The van der Waals surface area contributed by atoms with Crippen molar-refractivity contribution in [3.63, 3.8) is 0 Å². The van der Waals surface area contributed by atoms with Crippen molar-refractivity contribution in [3.05, 3.63) is 35.9 Å². The van der Waals surface area contributed by atoms with Gasteiger partial charge in [-0.1, -0.05) is 52.7 Å². The van der Waals surface area contributed by atoms with Gasteiger partial charge in [-0.05, 0) is 44.2 Å². The molecule has 0 heterocycles. The molecule has 0 amide bonds. The van der Waals surface area contributed by atoms with E-state index in [9.17, 15) is 0 Å². The van der Waals surface area contributed by atoms with Gasteiger partial charge in [0.1, 0.15) is 0 Å². The molecular weight excluding hydrogens is 286 g/mol. The van der Waals surface area contributed by atoms with Gasteiger partial charge in [0.05, 0.1) is 0 Å². The molecule has 0 saturated heterocycles. The third-order valence-electron chi connectivity index (χ3n) is 3.97. The van der Waals surface area contributed by atoms with Crippen LogP contribution in [0.3, 0.4) is 0 Å². The molecule has 0 radical (unpaired) electrons. The molecular formula is C16H24BrN. The maximum Gasteiger partial charge on any atom is 0.0159 e. The van der Waals surface area contributed by atoms with E-state index in [4.69, 9.17) is 0 Å². The molecule has 2 heteroatoms. The highest BCUT2D eigenvalue weighted by molar-refractivity contribution is 9.09. The Morgan fingerprint density at radius 1 is 1.06 bits per heavy atom. The van der Waals surface area contributed by atoms with Crippen LogP contribution >= 0.6 is 15.9 Å². The molecule has 1 fully saturated rings. The second kappa shape index (κ2) is 7.96. The molecule has 1 aliphatic carbocycles. The lowest BCUT2D eigenvalue weighted by molar-refractivity contribution is 0.133. The number of nitrogens with zero attached hydrogens (tertiary/aromatic N) is 1. The highest BCUT2D eigenvalue weighted by Gasteiger charge is 2.23. The molecule has 0 aromatic heterocycles. The van der Waals surface area contributed by atoms with Crippen LogP contribution in [0.15, 0.2) is 30.3 Å². The van der Waals surface area contributed by atoms with E-state index >= 15 is 0 Å². The van der Waals surface area contributed by atoms with Crippen LogP contribution in [0.25, 0.3) is 0 Å². The van der Waals surface area contributed by atoms with E-state index in [1.807, 2.05) is 0 Å². The van der Waals surface area contributed by atoms with Crippen LogP contribution in [-0.4, -0.2) is 29.4 Å². The standard InChI is InChI=1S/C16H24BrN/c17-12-14-18(16-10-6-11-16)13-5-4-9-15-7-2-1-3-8-15/h1-3,7-8,16H,4-6,9-14H2. The van der Waals surface area contributed by atoms with Gasteiger partial charge in [-0.2, -0.15) is 0 Å². The summed E-state index contributed by atoms with van der Waals surface area (Å²) in [7, 11) is 0. The molecule has 2 rings (SSSR count). The van der Waals surface area contributed by atoms with Gasteiger partial charge in [-0.3, -0.25) is 4.90 Å². The topological polar surface area (TPSA) is 3.24 Å². The average Bonchev–Trinajstić information content (AvgIpc) is 2.34. The summed E-state index contributed by atoms with van der Waals surface area (Å²) < 4.78 is 0. The van der Waals surface area contributed by atoms with Gasteiger partial charge in [-0.15, -0.1) is 0 Å². The molecule has 1 saturated carbocycles. The maximum atomic E-state index is 3.58. The van der Waals surface area contributed by atoms with Crippen molar-refractivity contribution in [1.82, 2.24) is 4.90 Å². The number of halogens is 1. The van der Waals surface area contributed by atoms with E-state index in [-0.39, 0.29) is 0 Å². The number of hydrogen-bond acceptors (Lipinski definition) is 1. The number of hydrogen-bond donors (Lipinski definition) is 0. The summed E-state index contributed by atoms with van der Waals surface area (Å²) in [5.74, 6) is 0. The highest BCUT2D eigenvalue weighted by Crippen LogP contribution is 2.25. The van der Waals surface area contributed by atoms with E-state index in [2.05, 4.69) is 51.2 Å². The van der Waals surface area contributed by atoms with Crippen LogP contribution in [0.5, 0.6) is 0 Å². The largest absolute Gasteiger partial charge is 0.300 e. The first-order valence-electron chi connectivity index (χ1n) is 7.24. The van der Waals surface area contributed by atoms with Crippen LogP contribution in [0.1, 0.15) is 37.7 Å². The lowest BCUT2D eigenvalue weighted by Crippen LogP contribution is -2.41. The van der Waals surface area contributed by atoms with E-state index in [1.54, 1.807) is 0 Å². The van der Waals surface area contributed by atoms with Crippen molar-refractivity contribution >= 4 is 15.9 Å². The Hall–Kier alpha value is -0.340. The third-order valence-corrected chi connectivity index (χ3v) is 4.32. The van der Waals surface area contributed by atoms with Gasteiger partial charge in [0.15, 0.2) is 0 Å². The van der Waals surface area contributed by atoms with Gasteiger partial charge in [0.25, 0.3) is 0 Å². The van der Waals surface area contributed by atoms with Gasteiger partial charge in [-0.25, -0.2) is 0 Å². The second-order valence-corrected chi connectivity index (χ2v) is 6.05. The molecule has 1 nitrogen and oxygen atoms in total. The van der Waals surface area contributed by atoms with Gasteiger partial charge in [0, 0.05) is 17.9 Å². The van der Waals surface area contributed by atoms with Gasteiger partial charge < -0.3 is 0 Å². The van der Waals surface area contributed by atoms with Gasteiger partial charge >= 0.3 is 0 Å². The Kier molecular flexibility index (Phi) is 6.22. The monoisotopic (exact) mass is 309 g/mol. The van der Waals surface area contributed by atoms with E-state index in [1.165, 1.54) is 57.2 Å². The zero-order chi connectivity index (χ0) is 12.6. The third kappa shape index (κ3) is 4.40. The first kappa shape index (κ1) is 14.1. The van der Waals surface area contributed by atoms with Crippen molar-refractivity contribution in [2.45, 2.75) is 44.6 Å². The average molecular weight is 310 g/mol. The second-order valence-electron chi connectivity index (χ2n) is 5.25. The molecule has 0 bridgehead atoms. The van der Waals surface area contributed by atoms with Crippen LogP contribution in [0.4, 0.5) is 0 Å². The minimum Gasteiger partial charge on any atom is -0.300 e. The minimum absolute atomic E-state index is 0.888. The number of alkyl halides is 1. The zero-order valence-electron chi connectivity index (χ0n) is 11.2. The van der Waals surface area contributed by atoms with Crippen molar-refractivity contribution in [2.24, 2.45) is 0 Å². The molecule has 1 aliphatic rings. The van der Waals surface area contributed by atoms with Crippen LogP contribution in [0.2, 0.25) is 0 Å². The maximum absolute atomic E-state index is 3.58. The summed E-state index contributed by atoms with van der Waals surface area (Å²) >= 11 is 3.58. The zero-order valence-corrected chi connectivity index (χ0v) is 12.7. The predicted molar refractivity (Wildman–Crippen MR) is 82.4 cm³/mol. The molecule has 1 aromatic rings. The van der Waals surface area contributed by atoms with E-state index in [0.717, 1.165) is 11.4 Å². The highest BCUT2D eigenvalue weighted by atomic mass is 79.9. The SMILES string of the molecule is BrCCN(CCCCc1ccccc1)C1CCC1. The molecule has 18 heavy (non-hydrogen) atoms. The Balaban J connectivity index is 1.63. The summed E-state index contributed by atoms with van der Waals surface area (Å²) in [6.07, 6.45) is 8.16. The summed E-state index contributed by atoms with van der Waals surface area (Å²) in [6, 6.07) is 11.7. The fraction of sp³-hybridized carbons (Fsp3) is 0.625. The molecule has 0 spiro atoms. The Morgan fingerprint density at radius 3 is 2.44 bits per heavy atom. The smallest absolute Gasteiger partial charge is 0.0159 e. The number of benzene rings is 1. The number of rotatable bonds is 8. The number of unbranched alkanes of at least 4 members (excludes halogenated alkanes) is 1. The van der Waals surface area contributed by atoms with E-state index < -0.39 is 0 Å². The first-order chi connectivity index (χ1) is 8.90. The normalized spacial score (nSPS) is 15.9. The van der Waals surface area contributed by atoms with Crippen LogP contribution in [0, 0.1) is 0 Å². The van der Waals surface area contributed by atoms with Crippen LogP contribution < -0.4 is 0 Å². The van der Waals surface area contributed by atoms with Crippen molar-refractivity contribution in [2.75, 3.05) is 18.4 Å². The van der Waals surface area contributed by atoms with Gasteiger partial charge in [0.2, 0.25) is 0 Å². The van der Waals surface area contributed by atoms with Crippen LogP contribution in [-0.2, 0) is 6.42 Å². The predicted octanol–water partition coefficient (Wildman–Crippen LogP) is 4.26. The molecule has 0 aliphatic heterocycles. The van der Waals surface area contributed by atoms with E-state index in [0.29, 0.717) is 0 Å². The fourth-order valence-corrected chi connectivity index (χ4v) is 3.08. The summed E-state index contributed by atoms with van der Waals surface area (Å²) in [6.45, 7) is 2.50. The van der Waals surface area contributed by atoms with Crippen molar-refractivity contribution in [1.29, 1.82) is 0 Å². The molecule has 1 aromatic carbocycles. The summed E-state index contributed by atoms with van der Waals surface area (Å²) in [5, 5.41) is 1.11. The Labute approximate surface area is 120 Å². The molecule has 100 valence electrons. The quantitative estimate of drug-likeness (QED) is 0.512. The first-order valence-corrected chi connectivity index (χ1v) is 8.36. The molecule has 0 atom stereocenters. The van der Waals surface area contributed by atoms with Crippen molar-refractivity contribution < 1.29 is 0 Å². The molecule has 0 N–H and O–H groups in total. The summed E-state index contributed by atoms with van der Waals surface area (Å²) in [5.41, 5.74) is 1.48. The Morgan fingerprint density at radius 2 is 1.83 bits per heavy atom. The molecule has 0 unspecified atom stereocenters. The van der Waals surface area contributed by atoms with Crippen molar-refractivity contribution in [3.8, 4) is 0 Å². The lowest BCUT2D eigenvalue weighted by atomic mass is 9.91. The summed E-state index contributed by atoms with van der Waals surface area (Å²) in [4.78, 5) is 2.68. The number of aryl methyl sites for hydroxylation is 1. The lowest BCUT2D eigenvalue weighted by Gasteiger charge is -2.37. The fourth-order valence-electron chi connectivity index (χ4n) is 2.63.